The van der Waals surface area contributed by atoms with Crippen molar-refractivity contribution in [3.63, 3.8) is 0 Å². The van der Waals surface area contributed by atoms with Crippen molar-refractivity contribution in [2.24, 2.45) is 0 Å². The highest BCUT2D eigenvalue weighted by Gasteiger charge is 1.93. The Bertz CT molecular complexity index is 381. The fourth-order valence-electron chi connectivity index (χ4n) is 0.604. The third-order valence-electron chi connectivity index (χ3n) is 0.996. The predicted octanol–water partition coefficient (Wildman–Crippen LogP) is 1.35. The molecule has 0 saturated heterocycles. The number of aromatic hydroxyl groups is 1. The lowest BCUT2D eigenvalue weighted by molar-refractivity contribution is -0.114. The summed E-state index contributed by atoms with van der Waals surface area (Å²) in [5, 5.41) is 9.59. The van der Waals surface area contributed by atoms with E-state index in [0.29, 0.717) is 5.31 Å². The van der Waals surface area contributed by atoms with E-state index in [4.69, 9.17) is 9.26 Å². The number of amides is 1. The van der Waals surface area contributed by atoms with Gasteiger partial charge in [0.1, 0.15) is 5.75 Å². The second kappa shape index (κ2) is 3.05. The zero-order chi connectivity index (χ0) is 10.9. The van der Waals surface area contributed by atoms with Crippen molar-refractivity contribution in [3.8, 4) is 5.75 Å². The highest BCUT2D eigenvalue weighted by atomic mass is 16.3. The molecule has 0 bridgehead atoms. The van der Waals surface area contributed by atoms with Gasteiger partial charge in [0.05, 0.1) is 2.74 Å². The maximum absolute atomic E-state index is 10.8. The molecule has 0 spiro atoms. The average Bonchev–Trinajstić information content (AvgIpc) is 2.13. The van der Waals surface area contributed by atoms with E-state index in [0.717, 1.165) is 0 Å². The van der Waals surface area contributed by atoms with Crippen molar-refractivity contribution >= 4 is 11.6 Å². The van der Waals surface area contributed by atoms with E-state index >= 15 is 0 Å². The summed E-state index contributed by atoms with van der Waals surface area (Å²) in [6, 6.07) is 1.71. The number of hydrogen-bond acceptors (Lipinski definition) is 2. The van der Waals surface area contributed by atoms with Gasteiger partial charge in [-0.2, -0.15) is 0 Å². The zero-order valence-electron chi connectivity index (χ0n) is 8.96. The molecule has 0 radical (unpaired) electrons. The molecule has 2 N–H and O–H groups in total. The number of nitrogens with one attached hydrogen (secondary N) is 1. The molecule has 1 aromatic carbocycles. The molecular formula is C8H9NO2. The summed E-state index contributed by atoms with van der Waals surface area (Å²) < 4.78 is 21.9. The average molecular weight is 154 g/mol. The number of carbonyl (C=O) groups excluding carboxylic acids is 1. The van der Waals surface area contributed by atoms with Crippen molar-refractivity contribution < 1.29 is 14.1 Å². The van der Waals surface area contributed by atoms with E-state index in [9.17, 15) is 4.79 Å². The molecule has 0 atom stereocenters. The maximum Gasteiger partial charge on any atom is 0.221 e. The third-order valence-corrected chi connectivity index (χ3v) is 0.996. The highest BCUT2D eigenvalue weighted by Crippen LogP contribution is 2.13. The van der Waals surface area contributed by atoms with Gasteiger partial charge in [-0.3, -0.25) is 4.79 Å². The topological polar surface area (TPSA) is 49.3 Å². The van der Waals surface area contributed by atoms with Crippen LogP contribution in [0, 0.1) is 0 Å². The summed E-state index contributed by atoms with van der Waals surface area (Å²) in [6.07, 6.45) is 0. The van der Waals surface area contributed by atoms with Gasteiger partial charge in [-0.1, -0.05) is 0 Å². The number of benzene rings is 1. The van der Waals surface area contributed by atoms with Crippen molar-refractivity contribution in [3.05, 3.63) is 24.2 Å². The van der Waals surface area contributed by atoms with Crippen LogP contribution in [-0.4, -0.2) is 11.0 Å². The normalized spacial score (nSPS) is 13.0. The van der Waals surface area contributed by atoms with Crippen LogP contribution in [0.3, 0.4) is 0 Å². The molecule has 0 aliphatic rings. The second-order valence-electron chi connectivity index (χ2n) is 1.98. The van der Waals surface area contributed by atoms with Gasteiger partial charge < -0.3 is 10.4 Å². The summed E-state index contributed by atoms with van der Waals surface area (Å²) in [5.41, 5.74) is -0.0136. The van der Waals surface area contributed by atoms with Crippen LogP contribution in [-0.2, 0) is 4.79 Å². The zero-order valence-corrected chi connectivity index (χ0v) is 5.96. The molecule has 0 aliphatic carbocycles. The van der Waals surface area contributed by atoms with E-state index in [1.807, 2.05) is 0 Å². The molecule has 0 saturated carbocycles. The van der Waals surface area contributed by atoms with Gasteiger partial charge in [0.15, 0.2) is 1.41 Å². The Morgan fingerprint density at radius 3 is 3.09 bits per heavy atom. The smallest absolute Gasteiger partial charge is 0.221 e. The Morgan fingerprint density at radius 1 is 1.73 bits per heavy atom. The summed E-state index contributed by atoms with van der Waals surface area (Å²) in [5.74, 6) is -0.890. The molecule has 0 heterocycles. The minimum atomic E-state index is -0.552. The van der Waals surface area contributed by atoms with Crippen molar-refractivity contribution in [2.75, 3.05) is 5.31 Å². The standard InChI is InChI=1S/C8H9NO2/c1-6(10)9-7-2-4-8(11)5-3-7/h2-5,11H,1H3,(H,9,10)/i2D,4D/hD. The Labute approximate surface area is 68.9 Å². The van der Waals surface area contributed by atoms with Gasteiger partial charge in [0.2, 0.25) is 5.91 Å². The van der Waals surface area contributed by atoms with Crippen LogP contribution < -0.4 is 5.31 Å². The van der Waals surface area contributed by atoms with Crippen molar-refractivity contribution in [1.29, 1.82) is 0 Å². The number of anilines is 1. The van der Waals surface area contributed by atoms with Crippen LogP contribution >= 0.6 is 0 Å². The van der Waals surface area contributed by atoms with E-state index in [1.165, 1.54) is 19.1 Å². The minimum Gasteiger partial charge on any atom is -0.508 e. The summed E-state index contributed by atoms with van der Waals surface area (Å²) >= 11 is 0. The number of rotatable bonds is 1. The van der Waals surface area contributed by atoms with E-state index in [-0.39, 0.29) is 23.5 Å². The van der Waals surface area contributed by atoms with Crippen LogP contribution in [0.4, 0.5) is 5.69 Å². The molecule has 11 heavy (non-hydrogen) atoms. The Balaban J connectivity index is 3.24. The van der Waals surface area contributed by atoms with Gasteiger partial charge in [-0.15, -0.1) is 0 Å². The summed E-state index contributed by atoms with van der Waals surface area (Å²) in [7, 11) is 0. The first-order valence-electron chi connectivity index (χ1n) is 4.48. The molecule has 1 aromatic rings. The number of phenols is 1. The van der Waals surface area contributed by atoms with E-state index < -0.39 is 5.91 Å². The lowest BCUT2D eigenvalue weighted by Crippen LogP contribution is -2.04. The van der Waals surface area contributed by atoms with Gasteiger partial charge in [0.25, 0.3) is 0 Å². The molecule has 3 nitrogen and oxygen atoms in total. The van der Waals surface area contributed by atoms with Crippen molar-refractivity contribution in [1.82, 2.24) is 0 Å². The van der Waals surface area contributed by atoms with Gasteiger partial charge in [-0.25, -0.2) is 0 Å². The van der Waals surface area contributed by atoms with Crippen LogP contribution in [0.25, 0.3) is 0 Å². The first-order chi connectivity index (χ1) is 6.45. The maximum atomic E-state index is 10.8. The van der Waals surface area contributed by atoms with Crippen LogP contribution in [0.1, 0.15) is 9.67 Å². The fraction of sp³-hybridized carbons (Fsp3) is 0.125. The first-order valence-corrected chi connectivity index (χ1v) is 3.04. The van der Waals surface area contributed by atoms with Crippen molar-refractivity contribution in [2.45, 2.75) is 6.92 Å². The summed E-state index contributed by atoms with van der Waals surface area (Å²) in [4.78, 5) is 10.8. The summed E-state index contributed by atoms with van der Waals surface area (Å²) in [6.45, 7) is 1.18. The van der Waals surface area contributed by atoms with Gasteiger partial charge in [-0.05, 0) is 24.2 Å². The Morgan fingerprint density at radius 2 is 2.45 bits per heavy atom. The van der Waals surface area contributed by atoms with E-state index in [2.05, 4.69) is 0 Å². The quantitative estimate of drug-likeness (QED) is 0.600. The Kier molecular flexibility index (Phi) is 1.22. The third kappa shape index (κ3) is 2.29. The number of carbonyl (C=O) groups is 1. The Hall–Kier alpha value is -1.51. The predicted molar refractivity (Wildman–Crippen MR) is 42.4 cm³/mol. The molecule has 0 aromatic heterocycles. The molecule has 0 aliphatic heterocycles. The number of phenolic OH excluding ortho intramolecular Hbond substituents is 1. The lowest BCUT2D eigenvalue weighted by Gasteiger charge is -1.99. The first kappa shape index (κ1) is 4.38. The molecule has 1 amide bonds. The van der Waals surface area contributed by atoms with Gasteiger partial charge in [0, 0.05) is 12.6 Å². The van der Waals surface area contributed by atoms with Crippen LogP contribution in [0.5, 0.6) is 5.75 Å². The molecule has 0 unspecified atom stereocenters. The highest BCUT2D eigenvalue weighted by molar-refractivity contribution is 5.88. The second-order valence-corrected chi connectivity index (χ2v) is 1.98. The lowest BCUT2D eigenvalue weighted by atomic mass is 10.3. The number of hydrogen-bond donors (Lipinski definition) is 2. The molecule has 3 heteroatoms. The molecule has 0 fully saturated rings. The largest absolute Gasteiger partial charge is 0.508 e. The van der Waals surface area contributed by atoms with Crippen LogP contribution in [0.2, 0.25) is 1.41 Å². The van der Waals surface area contributed by atoms with Crippen LogP contribution in [0.15, 0.2) is 24.2 Å². The fourth-order valence-corrected chi connectivity index (χ4v) is 0.604. The molecule has 1 rings (SSSR count). The SMILES string of the molecule is [2H]c1c(O)ccc(N([2H])C(C)=O)c1[2H]. The molecular weight excluding hydrogens is 142 g/mol. The molecule has 58 valence electrons. The monoisotopic (exact) mass is 154 g/mol. The van der Waals surface area contributed by atoms with Gasteiger partial charge >= 0.3 is 0 Å². The minimum absolute atomic E-state index is 0.0136. The van der Waals surface area contributed by atoms with E-state index in [1.54, 1.807) is 0 Å².